The maximum atomic E-state index is 13.9. The third kappa shape index (κ3) is 10.4. The lowest BCUT2D eigenvalue weighted by Gasteiger charge is -2.19. The Labute approximate surface area is 408 Å². The summed E-state index contributed by atoms with van der Waals surface area (Å²) in [7, 11) is -15.2. The van der Waals surface area contributed by atoms with Crippen LogP contribution in [0.1, 0.15) is 43.0 Å². The summed E-state index contributed by atoms with van der Waals surface area (Å²) < 4.78 is 105. The van der Waals surface area contributed by atoms with Gasteiger partial charge in [0, 0.05) is 34.7 Å². The number of hydrogen-bond acceptors (Lipinski definition) is 20. The third-order valence-electron chi connectivity index (χ3n) is 10.9. The number of nitrogens with zero attached hydrogens (tertiary/aromatic N) is 4. The van der Waals surface area contributed by atoms with Gasteiger partial charge in [-0.05, 0) is 132 Å². The number of nitrogens with one attached hydrogen (secondary N) is 4. The Bertz CT molecular complexity index is 3840. The highest BCUT2D eigenvalue weighted by molar-refractivity contribution is 7.91. The van der Waals surface area contributed by atoms with Crippen molar-refractivity contribution in [1.82, 2.24) is 0 Å². The summed E-state index contributed by atoms with van der Waals surface area (Å²) in [5.41, 5.74) is 22.8. The summed E-state index contributed by atoms with van der Waals surface area (Å²) in [4.78, 5) is 49.6. The van der Waals surface area contributed by atoms with Crippen LogP contribution in [-0.2, 0) is 39.9 Å². The van der Waals surface area contributed by atoms with Gasteiger partial charge < -0.3 is 11.5 Å². The molecule has 0 spiro atoms. The number of hydrogen-bond donors (Lipinski definition) is 9. The van der Waals surface area contributed by atoms with Crippen LogP contribution in [0.5, 0.6) is 0 Å². The van der Waals surface area contributed by atoms with E-state index in [9.17, 15) is 58.1 Å². The van der Waals surface area contributed by atoms with Gasteiger partial charge >= 0.3 is 0 Å². The van der Waals surface area contributed by atoms with Crippen LogP contribution in [-0.4, -0.2) is 84.9 Å². The number of Topliss-reactive ketones (excluding diaryl/α,β-unsaturated/α-hetero) is 2. The monoisotopic (exact) mass is 1030 g/mol. The van der Waals surface area contributed by atoms with E-state index >= 15 is 0 Å². The highest BCUT2D eigenvalue weighted by Crippen LogP contribution is 2.34. The van der Waals surface area contributed by atoms with E-state index in [2.05, 4.69) is 42.1 Å². The fourth-order valence-electron chi connectivity index (χ4n) is 7.32. The Morgan fingerprint density at radius 3 is 1.39 bits per heavy atom. The van der Waals surface area contributed by atoms with E-state index in [0.29, 0.717) is 27.9 Å². The number of benzene rings is 4. The van der Waals surface area contributed by atoms with Crippen molar-refractivity contribution in [2.24, 2.45) is 31.9 Å². The predicted octanol–water partition coefficient (Wildman–Crippen LogP) is 4.50. The molecule has 0 saturated heterocycles. The number of carbonyl (C=O) groups is 4. The van der Waals surface area contributed by atoms with Crippen LogP contribution >= 0.6 is 0 Å². The number of fused-ring (bicyclic) bond motifs is 2. The first-order valence-electron chi connectivity index (χ1n) is 20.6. The van der Waals surface area contributed by atoms with Gasteiger partial charge in [0.15, 0.2) is 11.4 Å². The molecule has 0 amide bonds. The van der Waals surface area contributed by atoms with Crippen LogP contribution in [0, 0.1) is 13.8 Å². The van der Waals surface area contributed by atoms with Crippen molar-refractivity contribution in [1.29, 1.82) is 0 Å². The first-order chi connectivity index (χ1) is 33.8. The zero-order valence-electron chi connectivity index (χ0n) is 37.1. The van der Waals surface area contributed by atoms with E-state index < -0.39 is 85.3 Å². The number of anilines is 4. The van der Waals surface area contributed by atoms with E-state index in [1.54, 1.807) is 50.2 Å². The van der Waals surface area contributed by atoms with Crippen LogP contribution in [0.15, 0.2) is 150 Å². The fraction of sp³-hybridized carbons (Fsp3) is 0.0435. The van der Waals surface area contributed by atoms with Crippen molar-refractivity contribution in [3.8, 4) is 11.1 Å². The number of aryl methyl sites for hydroxylation is 2. The molecule has 4 aromatic carbocycles. The molecule has 26 heteroatoms. The predicted molar refractivity (Wildman–Crippen MR) is 269 cm³/mol. The van der Waals surface area contributed by atoms with E-state index in [1.165, 1.54) is 48.6 Å². The first-order valence-corrected chi connectivity index (χ1v) is 24.9. The Kier molecular flexibility index (Phi) is 13.0. The zero-order chi connectivity index (χ0) is 52.0. The van der Waals surface area contributed by atoms with Crippen LogP contribution in [0.3, 0.4) is 0 Å². The van der Waals surface area contributed by atoms with Gasteiger partial charge in [0.25, 0.3) is 30.4 Å². The molecule has 4 aliphatic rings. The SMILES string of the molecule is Cc1cc(-c2ccc(N/N=C3\C(=O)c4cc(N/N=C5\C=CC(N)=CC5=O)ccc4C=C3S(=O)(=O)O)c(C)c2)ccc1N/N=C1/C(=O)c2cc(N/N=C3/C=CC(N)=CC3=O)c(S(=O)(=O)O)cc2C=C1S(=O)(=O)O. The van der Waals surface area contributed by atoms with Crippen LogP contribution in [0.25, 0.3) is 23.3 Å². The number of carbonyl (C=O) groups excluding carboxylic acids is 4. The minimum atomic E-state index is -5.19. The van der Waals surface area contributed by atoms with E-state index in [0.717, 1.165) is 30.4 Å². The molecule has 11 N–H and O–H groups in total. The summed E-state index contributed by atoms with van der Waals surface area (Å²) in [6, 6.07) is 16.0. The molecule has 0 unspecified atom stereocenters. The summed E-state index contributed by atoms with van der Waals surface area (Å²) in [6.45, 7) is 3.38. The standard InChI is InChI=1S/C46H36N10O13S3/c1-22-13-24(4-9-33(22)50-55-43-41(71(64,65)66)15-26-3-8-30(20-31(26)45(43)59)49-52-35-11-6-28(47)18-38(35)57)25-5-10-34(23(2)14-25)51-56-44-42(72(67,68)69)17-27-16-40(70(61,62)63)37(21-32(27)46(44)60)54-53-36-12-7-29(48)19-39(36)58/h3-21,49-51,54H,47-48H2,1-2H3,(H,61,62,63)(H,64,65,66)(H,67,68,69)/b52-35+,53-36-,55-43-,56-44+. The Balaban J connectivity index is 1.02. The lowest BCUT2D eigenvalue weighted by molar-refractivity contribution is -0.109. The number of nitrogens with two attached hydrogens (primary N) is 2. The summed E-state index contributed by atoms with van der Waals surface area (Å²) in [6.07, 6.45) is 9.62. The average molecular weight is 1030 g/mol. The number of ketones is 4. The molecule has 0 atom stereocenters. The normalized spacial score (nSPS) is 18.1. The fourth-order valence-corrected chi connectivity index (χ4v) is 9.30. The molecule has 23 nitrogen and oxygen atoms in total. The van der Waals surface area contributed by atoms with Crippen LogP contribution in [0.4, 0.5) is 22.7 Å². The minimum absolute atomic E-state index is 0.0175. The topological polar surface area (TPSA) is 381 Å². The van der Waals surface area contributed by atoms with Crippen molar-refractivity contribution in [2.45, 2.75) is 18.7 Å². The molecule has 0 bridgehead atoms. The van der Waals surface area contributed by atoms with Gasteiger partial charge in [-0.3, -0.25) is 54.5 Å². The van der Waals surface area contributed by atoms with E-state index in [4.69, 9.17) is 11.5 Å². The van der Waals surface area contributed by atoms with Gasteiger partial charge in [-0.2, -0.15) is 45.7 Å². The molecule has 0 radical (unpaired) electrons. The van der Waals surface area contributed by atoms with Gasteiger partial charge in [0.05, 0.1) is 22.7 Å². The molecule has 72 heavy (non-hydrogen) atoms. The van der Waals surface area contributed by atoms with Gasteiger partial charge in [-0.25, -0.2) is 0 Å². The third-order valence-corrected chi connectivity index (χ3v) is 13.6. The largest absolute Gasteiger partial charge is 0.399 e. The molecule has 0 aromatic heterocycles. The van der Waals surface area contributed by atoms with Crippen molar-refractivity contribution in [3.63, 3.8) is 0 Å². The number of allylic oxidation sites excluding steroid dienone is 8. The van der Waals surface area contributed by atoms with Gasteiger partial charge in [-0.15, -0.1) is 0 Å². The lowest BCUT2D eigenvalue weighted by atomic mass is 9.94. The molecule has 0 saturated carbocycles. The summed E-state index contributed by atoms with van der Waals surface area (Å²) in [5.74, 6) is -3.03. The van der Waals surface area contributed by atoms with E-state index in [-0.39, 0.29) is 56.4 Å². The van der Waals surface area contributed by atoms with Crippen LogP contribution in [0.2, 0.25) is 0 Å². The number of rotatable bonds is 12. The first kappa shape index (κ1) is 49.6. The molecule has 0 heterocycles. The maximum absolute atomic E-state index is 13.9. The second-order valence-electron chi connectivity index (χ2n) is 15.9. The molecule has 0 aliphatic heterocycles. The van der Waals surface area contributed by atoms with Crippen molar-refractivity contribution in [3.05, 3.63) is 158 Å². The van der Waals surface area contributed by atoms with Crippen molar-refractivity contribution < 1.29 is 58.1 Å². The Morgan fingerprint density at radius 2 is 0.931 bits per heavy atom. The highest BCUT2D eigenvalue weighted by Gasteiger charge is 2.36. The molecule has 4 aliphatic carbocycles. The van der Waals surface area contributed by atoms with Gasteiger partial charge in [-0.1, -0.05) is 18.2 Å². The molecule has 4 aromatic rings. The minimum Gasteiger partial charge on any atom is -0.399 e. The lowest BCUT2D eigenvalue weighted by Crippen LogP contribution is -2.27. The molecule has 8 rings (SSSR count). The molecule has 0 fully saturated rings. The summed E-state index contributed by atoms with van der Waals surface area (Å²) >= 11 is 0. The Morgan fingerprint density at radius 1 is 0.472 bits per heavy atom. The van der Waals surface area contributed by atoms with Gasteiger partial charge in [0.2, 0.25) is 23.1 Å². The molecule has 366 valence electrons. The van der Waals surface area contributed by atoms with Gasteiger partial charge in [0.1, 0.15) is 26.1 Å². The van der Waals surface area contributed by atoms with Crippen molar-refractivity contribution in [2.75, 3.05) is 21.7 Å². The zero-order valence-corrected chi connectivity index (χ0v) is 39.5. The quantitative estimate of drug-likeness (QED) is 0.0535. The van der Waals surface area contributed by atoms with Crippen molar-refractivity contribution >= 4 is 111 Å². The second kappa shape index (κ2) is 18.8. The maximum Gasteiger partial charge on any atom is 0.296 e. The Hall–Kier alpha value is -8.79. The van der Waals surface area contributed by atoms with Crippen LogP contribution < -0.4 is 33.2 Å². The molecular weight excluding hydrogens is 997 g/mol. The smallest absolute Gasteiger partial charge is 0.296 e. The van der Waals surface area contributed by atoms with E-state index in [1.807, 2.05) is 0 Å². The molecular formula is C46H36N10O13S3. The second-order valence-corrected chi connectivity index (χ2v) is 20.1. The number of hydrazone groups is 4. The highest BCUT2D eigenvalue weighted by atomic mass is 32.2. The average Bonchev–Trinajstić information content (AvgIpc) is 3.30. The summed E-state index contributed by atoms with van der Waals surface area (Å²) in [5, 5.41) is 16.1.